The summed E-state index contributed by atoms with van der Waals surface area (Å²) in [5.74, 6) is 1.66. The van der Waals surface area contributed by atoms with Crippen molar-refractivity contribution in [1.82, 2.24) is 10.2 Å². The van der Waals surface area contributed by atoms with Crippen LogP contribution in [0.25, 0.3) is 0 Å². The molecule has 0 aromatic heterocycles. The number of fused-ring (bicyclic) bond motifs is 1. The van der Waals surface area contributed by atoms with Crippen LogP contribution in [0.3, 0.4) is 0 Å². The van der Waals surface area contributed by atoms with Crippen LogP contribution in [0.5, 0.6) is 0 Å². The van der Waals surface area contributed by atoms with Crippen molar-refractivity contribution in [3.8, 4) is 0 Å². The Hall–Kier alpha value is -1.06. The van der Waals surface area contributed by atoms with Gasteiger partial charge in [-0.05, 0) is 29.9 Å². The lowest BCUT2D eigenvalue weighted by Gasteiger charge is -2.18. The van der Waals surface area contributed by atoms with Gasteiger partial charge in [0.05, 0.1) is 6.42 Å². The first kappa shape index (κ1) is 14.4. The Kier molecular flexibility index (Phi) is 4.48. The molecule has 2 saturated heterocycles. The molecule has 0 aliphatic carbocycles. The van der Waals surface area contributed by atoms with Crippen LogP contribution in [0.15, 0.2) is 24.3 Å². The molecule has 3 nitrogen and oxygen atoms in total. The summed E-state index contributed by atoms with van der Waals surface area (Å²) in [5.41, 5.74) is 2.38. The molecule has 0 saturated carbocycles. The topological polar surface area (TPSA) is 32.3 Å². The maximum absolute atomic E-state index is 12.3. The maximum Gasteiger partial charge on any atom is 0.227 e. The molecule has 0 unspecified atom stereocenters. The fraction of sp³-hybridized carbons (Fsp3) is 0.533. The molecular weight excluding hydrogens is 260 g/mol. The summed E-state index contributed by atoms with van der Waals surface area (Å²) in [7, 11) is 0. The lowest BCUT2D eigenvalue weighted by atomic mass is 10.0. The van der Waals surface area contributed by atoms with Gasteiger partial charge in [0.1, 0.15) is 0 Å². The predicted molar refractivity (Wildman–Crippen MR) is 78.6 cm³/mol. The monoisotopic (exact) mass is 280 g/mol. The quantitative estimate of drug-likeness (QED) is 0.893. The van der Waals surface area contributed by atoms with E-state index in [0.29, 0.717) is 24.2 Å². The molecule has 4 heteroatoms. The first-order valence-electron chi connectivity index (χ1n) is 6.77. The first-order chi connectivity index (χ1) is 8.74. The molecule has 2 aliphatic rings. The Morgan fingerprint density at radius 1 is 1.26 bits per heavy atom. The zero-order chi connectivity index (χ0) is 12.5. The zero-order valence-corrected chi connectivity index (χ0v) is 12.1. The lowest BCUT2D eigenvalue weighted by molar-refractivity contribution is -0.129. The van der Waals surface area contributed by atoms with Gasteiger partial charge in [0, 0.05) is 26.2 Å². The number of carbonyl (C=O) groups excluding carboxylic acids is 1. The van der Waals surface area contributed by atoms with Crippen molar-refractivity contribution in [2.45, 2.75) is 13.3 Å². The van der Waals surface area contributed by atoms with Crippen LogP contribution in [-0.4, -0.2) is 37.0 Å². The molecule has 3 rings (SSSR count). The number of hydrogen-bond donors (Lipinski definition) is 1. The van der Waals surface area contributed by atoms with E-state index in [0.717, 1.165) is 31.7 Å². The summed E-state index contributed by atoms with van der Waals surface area (Å²) in [6, 6.07) is 8.17. The van der Waals surface area contributed by atoms with Crippen LogP contribution < -0.4 is 5.32 Å². The summed E-state index contributed by atoms with van der Waals surface area (Å²) in [6.07, 6.45) is 0.555. The molecule has 19 heavy (non-hydrogen) atoms. The number of rotatable bonds is 2. The van der Waals surface area contributed by atoms with Crippen molar-refractivity contribution in [3.63, 3.8) is 0 Å². The van der Waals surface area contributed by atoms with Crippen molar-refractivity contribution in [2.75, 3.05) is 26.2 Å². The molecule has 1 aromatic carbocycles. The standard InChI is InChI=1S/C15H20N2O.ClH/c1-11-4-2-3-5-12(11)6-15(18)17-9-13-7-16-8-14(13)10-17;/h2-5,13-14,16H,6-10H2,1H3;1H/t13-,14+;. The molecule has 0 radical (unpaired) electrons. The summed E-state index contributed by atoms with van der Waals surface area (Å²) >= 11 is 0. The van der Waals surface area contributed by atoms with E-state index in [9.17, 15) is 4.79 Å². The average molecular weight is 281 g/mol. The molecule has 1 aromatic rings. The molecule has 2 atom stereocenters. The van der Waals surface area contributed by atoms with Gasteiger partial charge >= 0.3 is 0 Å². The number of likely N-dealkylation sites (tertiary alicyclic amines) is 1. The van der Waals surface area contributed by atoms with Gasteiger partial charge in [-0.25, -0.2) is 0 Å². The highest BCUT2D eigenvalue weighted by molar-refractivity contribution is 5.85. The Bertz CT molecular complexity index is 451. The van der Waals surface area contributed by atoms with Gasteiger partial charge in [0.25, 0.3) is 0 Å². The summed E-state index contributed by atoms with van der Waals surface area (Å²) in [6.45, 7) is 6.13. The van der Waals surface area contributed by atoms with Crippen LogP contribution in [0.1, 0.15) is 11.1 Å². The third kappa shape index (κ3) is 2.93. The van der Waals surface area contributed by atoms with Gasteiger partial charge in [-0.1, -0.05) is 24.3 Å². The minimum Gasteiger partial charge on any atom is -0.342 e. The molecule has 2 heterocycles. The maximum atomic E-state index is 12.3. The molecule has 0 bridgehead atoms. The predicted octanol–water partition coefficient (Wildman–Crippen LogP) is 1.64. The number of nitrogens with one attached hydrogen (secondary N) is 1. The summed E-state index contributed by atoms with van der Waals surface area (Å²) < 4.78 is 0. The van der Waals surface area contributed by atoms with E-state index in [-0.39, 0.29) is 12.4 Å². The number of amides is 1. The number of nitrogens with zero attached hydrogens (tertiary/aromatic N) is 1. The number of aryl methyl sites for hydroxylation is 1. The minimum atomic E-state index is 0. The molecule has 104 valence electrons. The highest BCUT2D eigenvalue weighted by atomic mass is 35.5. The second-order valence-corrected chi connectivity index (χ2v) is 5.58. The second-order valence-electron chi connectivity index (χ2n) is 5.58. The van der Waals surface area contributed by atoms with E-state index in [2.05, 4.69) is 29.3 Å². The van der Waals surface area contributed by atoms with Crippen LogP contribution in [0.2, 0.25) is 0 Å². The fourth-order valence-electron chi connectivity index (χ4n) is 3.14. The lowest BCUT2D eigenvalue weighted by Crippen LogP contribution is -2.33. The van der Waals surface area contributed by atoms with Gasteiger partial charge in [-0.3, -0.25) is 4.79 Å². The highest BCUT2D eigenvalue weighted by Crippen LogP contribution is 2.26. The third-order valence-corrected chi connectivity index (χ3v) is 4.35. The summed E-state index contributed by atoms with van der Waals surface area (Å²) in [5, 5.41) is 3.40. The van der Waals surface area contributed by atoms with E-state index >= 15 is 0 Å². The van der Waals surface area contributed by atoms with Crippen LogP contribution in [0, 0.1) is 18.8 Å². The van der Waals surface area contributed by atoms with Gasteiger partial charge in [-0.2, -0.15) is 0 Å². The van der Waals surface area contributed by atoms with Crippen LogP contribution >= 0.6 is 12.4 Å². The number of carbonyl (C=O) groups is 1. The van der Waals surface area contributed by atoms with E-state index in [1.807, 2.05) is 12.1 Å². The van der Waals surface area contributed by atoms with E-state index in [4.69, 9.17) is 0 Å². The molecule has 1 amide bonds. The van der Waals surface area contributed by atoms with E-state index < -0.39 is 0 Å². The molecule has 1 N–H and O–H groups in total. The molecule has 0 spiro atoms. The normalized spacial score (nSPS) is 25.0. The minimum absolute atomic E-state index is 0. The third-order valence-electron chi connectivity index (χ3n) is 4.35. The summed E-state index contributed by atoms with van der Waals surface area (Å²) in [4.78, 5) is 14.4. The van der Waals surface area contributed by atoms with Crippen molar-refractivity contribution >= 4 is 18.3 Å². The van der Waals surface area contributed by atoms with Crippen LogP contribution in [-0.2, 0) is 11.2 Å². The average Bonchev–Trinajstić information content (AvgIpc) is 2.92. The number of hydrogen-bond acceptors (Lipinski definition) is 2. The molecule has 2 fully saturated rings. The van der Waals surface area contributed by atoms with Gasteiger partial charge < -0.3 is 10.2 Å². The largest absolute Gasteiger partial charge is 0.342 e. The van der Waals surface area contributed by atoms with Gasteiger partial charge in [0.2, 0.25) is 5.91 Å². The fourth-order valence-corrected chi connectivity index (χ4v) is 3.14. The zero-order valence-electron chi connectivity index (χ0n) is 11.3. The van der Waals surface area contributed by atoms with Gasteiger partial charge in [0.15, 0.2) is 0 Å². The van der Waals surface area contributed by atoms with Crippen molar-refractivity contribution < 1.29 is 4.79 Å². The Balaban J connectivity index is 0.00000133. The first-order valence-corrected chi connectivity index (χ1v) is 6.77. The second kappa shape index (κ2) is 5.93. The van der Waals surface area contributed by atoms with Gasteiger partial charge in [-0.15, -0.1) is 12.4 Å². The number of benzene rings is 1. The molecule has 2 aliphatic heterocycles. The van der Waals surface area contributed by atoms with Crippen molar-refractivity contribution in [3.05, 3.63) is 35.4 Å². The van der Waals surface area contributed by atoms with E-state index in [1.54, 1.807) is 0 Å². The van der Waals surface area contributed by atoms with Crippen LogP contribution in [0.4, 0.5) is 0 Å². The van der Waals surface area contributed by atoms with Crippen molar-refractivity contribution in [1.29, 1.82) is 0 Å². The Labute approximate surface area is 120 Å². The van der Waals surface area contributed by atoms with E-state index in [1.165, 1.54) is 5.56 Å². The Morgan fingerprint density at radius 3 is 2.53 bits per heavy atom. The SMILES string of the molecule is Cc1ccccc1CC(=O)N1C[C@H]2CNC[C@H]2C1.Cl. The number of halogens is 1. The van der Waals surface area contributed by atoms with Crippen molar-refractivity contribution in [2.24, 2.45) is 11.8 Å². The Morgan fingerprint density at radius 2 is 1.89 bits per heavy atom. The highest BCUT2D eigenvalue weighted by Gasteiger charge is 2.37. The molecular formula is C15H21ClN2O. The smallest absolute Gasteiger partial charge is 0.227 e.